The highest BCUT2D eigenvalue weighted by atomic mass is 35.5. The van der Waals surface area contributed by atoms with Crippen LogP contribution in [0.2, 0.25) is 5.02 Å². The summed E-state index contributed by atoms with van der Waals surface area (Å²) in [6, 6.07) is 15.6. The maximum Gasteiger partial charge on any atom is 0.254 e. The summed E-state index contributed by atoms with van der Waals surface area (Å²) < 4.78 is 0. The van der Waals surface area contributed by atoms with Crippen molar-refractivity contribution >= 4 is 29.1 Å². The molecule has 5 rings (SSSR count). The Hall–Kier alpha value is -2.41. The summed E-state index contributed by atoms with van der Waals surface area (Å²) in [5.74, 6) is 0.332. The molecule has 7 heteroatoms. The topological polar surface area (TPSA) is 55.9 Å². The van der Waals surface area contributed by atoms with Gasteiger partial charge in [-0.2, -0.15) is 0 Å². The molecule has 3 heterocycles. The van der Waals surface area contributed by atoms with Gasteiger partial charge in [0.2, 0.25) is 5.91 Å². The van der Waals surface area contributed by atoms with Gasteiger partial charge in [0.1, 0.15) is 6.54 Å². The summed E-state index contributed by atoms with van der Waals surface area (Å²) in [6.07, 6.45) is 4.70. The van der Waals surface area contributed by atoms with Crippen molar-refractivity contribution in [3.05, 3.63) is 64.7 Å². The van der Waals surface area contributed by atoms with E-state index in [-0.39, 0.29) is 18.4 Å². The molecule has 3 aliphatic heterocycles. The predicted octanol–water partition coefficient (Wildman–Crippen LogP) is 3.79. The van der Waals surface area contributed by atoms with E-state index >= 15 is 0 Å². The molecule has 0 aliphatic carbocycles. The van der Waals surface area contributed by atoms with Crippen molar-refractivity contribution in [3.63, 3.8) is 0 Å². The van der Waals surface area contributed by atoms with Crippen LogP contribution >= 0.6 is 11.6 Å². The Labute approximate surface area is 206 Å². The zero-order valence-electron chi connectivity index (χ0n) is 19.6. The van der Waals surface area contributed by atoms with E-state index in [1.807, 2.05) is 29.2 Å². The van der Waals surface area contributed by atoms with Crippen LogP contribution in [-0.4, -0.2) is 66.9 Å². The molecule has 0 atom stereocenters. The first-order valence-corrected chi connectivity index (χ1v) is 12.8. The SMILES string of the molecule is O=C(c1ccc(Cl)cc1)N1CC(=O)N(CC2CCN(C3CCNCC3)CC2)c2ccccc2C1. The van der Waals surface area contributed by atoms with Crippen molar-refractivity contribution in [3.8, 4) is 0 Å². The molecule has 0 radical (unpaired) electrons. The Morgan fingerprint density at radius 2 is 1.65 bits per heavy atom. The zero-order valence-corrected chi connectivity index (χ0v) is 20.3. The van der Waals surface area contributed by atoms with Gasteiger partial charge < -0.3 is 20.0 Å². The first-order valence-electron chi connectivity index (χ1n) is 12.5. The van der Waals surface area contributed by atoms with E-state index < -0.39 is 0 Å². The van der Waals surface area contributed by atoms with Gasteiger partial charge in [-0.1, -0.05) is 29.8 Å². The number of likely N-dealkylation sites (tertiary alicyclic amines) is 1. The minimum Gasteiger partial charge on any atom is -0.325 e. The van der Waals surface area contributed by atoms with Crippen molar-refractivity contribution in [2.75, 3.05) is 44.2 Å². The standard InChI is InChI=1S/C27H33ClN4O2/c28-23-7-5-21(6-8-23)27(34)31-18-22-3-1-2-4-25(22)32(26(33)19-31)17-20-11-15-30(16-12-20)24-9-13-29-14-10-24/h1-8,20,24,29H,9-19H2. The number of para-hydroxylation sites is 1. The summed E-state index contributed by atoms with van der Waals surface area (Å²) in [6.45, 7) is 5.70. The Bertz CT molecular complexity index is 1010. The number of anilines is 1. The number of halogens is 1. The van der Waals surface area contributed by atoms with E-state index in [4.69, 9.17) is 11.6 Å². The molecule has 3 aliphatic rings. The number of hydrogen-bond donors (Lipinski definition) is 1. The van der Waals surface area contributed by atoms with Crippen molar-refractivity contribution < 1.29 is 9.59 Å². The van der Waals surface area contributed by atoms with Crippen LogP contribution in [0, 0.1) is 5.92 Å². The van der Waals surface area contributed by atoms with Crippen LogP contribution in [0.25, 0.3) is 0 Å². The molecule has 0 bridgehead atoms. The van der Waals surface area contributed by atoms with Crippen LogP contribution in [-0.2, 0) is 11.3 Å². The van der Waals surface area contributed by atoms with E-state index in [1.165, 1.54) is 12.8 Å². The van der Waals surface area contributed by atoms with Gasteiger partial charge in [-0.3, -0.25) is 9.59 Å². The minimum atomic E-state index is -0.142. The second-order valence-electron chi connectivity index (χ2n) is 9.76. The van der Waals surface area contributed by atoms with Crippen molar-refractivity contribution in [2.45, 2.75) is 38.3 Å². The van der Waals surface area contributed by atoms with Crippen molar-refractivity contribution in [1.29, 1.82) is 0 Å². The number of hydrogen-bond acceptors (Lipinski definition) is 4. The van der Waals surface area contributed by atoms with E-state index in [1.54, 1.807) is 29.2 Å². The highest BCUT2D eigenvalue weighted by molar-refractivity contribution is 6.30. The van der Waals surface area contributed by atoms with Crippen molar-refractivity contribution in [1.82, 2.24) is 15.1 Å². The van der Waals surface area contributed by atoms with Crippen LogP contribution in [0.1, 0.15) is 41.6 Å². The quantitative estimate of drug-likeness (QED) is 0.723. The van der Waals surface area contributed by atoms with Crippen LogP contribution in [0.3, 0.4) is 0 Å². The minimum absolute atomic E-state index is 0.00644. The first kappa shape index (κ1) is 23.3. The molecule has 0 spiro atoms. The van der Waals surface area contributed by atoms with E-state index in [2.05, 4.69) is 10.2 Å². The van der Waals surface area contributed by atoms with Gasteiger partial charge in [-0.25, -0.2) is 0 Å². The molecule has 0 aromatic heterocycles. The Morgan fingerprint density at radius 1 is 0.941 bits per heavy atom. The molecule has 2 amide bonds. The predicted molar refractivity (Wildman–Crippen MR) is 135 cm³/mol. The lowest BCUT2D eigenvalue weighted by atomic mass is 9.93. The highest BCUT2D eigenvalue weighted by Gasteiger charge is 2.32. The van der Waals surface area contributed by atoms with E-state index in [0.717, 1.165) is 56.8 Å². The van der Waals surface area contributed by atoms with Gasteiger partial charge in [0.15, 0.2) is 0 Å². The zero-order chi connectivity index (χ0) is 23.5. The third-order valence-electron chi connectivity index (χ3n) is 7.56. The molecular formula is C27H33ClN4O2. The fraction of sp³-hybridized carbons (Fsp3) is 0.481. The third-order valence-corrected chi connectivity index (χ3v) is 7.82. The van der Waals surface area contributed by atoms with Gasteiger partial charge in [0, 0.05) is 35.4 Å². The summed E-state index contributed by atoms with van der Waals surface area (Å²) in [7, 11) is 0. The number of amides is 2. The number of fused-ring (bicyclic) bond motifs is 1. The van der Waals surface area contributed by atoms with Crippen molar-refractivity contribution in [2.24, 2.45) is 5.92 Å². The lowest BCUT2D eigenvalue weighted by Gasteiger charge is -2.40. The van der Waals surface area contributed by atoms with Crippen LogP contribution in [0.15, 0.2) is 48.5 Å². The third kappa shape index (κ3) is 5.14. The molecule has 0 saturated carbocycles. The number of nitrogens with zero attached hydrogens (tertiary/aromatic N) is 3. The normalized spacial score (nSPS) is 20.8. The van der Waals surface area contributed by atoms with Crippen LogP contribution in [0.4, 0.5) is 5.69 Å². The van der Waals surface area contributed by atoms with Gasteiger partial charge >= 0.3 is 0 Å². The van der Waals surface area contributed by atoms with Gasteiger partial charge in [-0.15, -0.1) is 0 Å². The molecule has 2 aromatic carbocycles. The number of rotatable bonds is 4. The van der Waals surface area contributed by atoms with E-state index in [0.29, 0.717) is 29.1 Å². The Balaban J connectivity index is 1.28. The smallest absolute Gasteiger partial charge is 0.254 e. The molecule has 0 unspecified atom stereocenters. The lowest BCUT2D eigenvalue weighted by molar-refractivity contribution is -0.119. The maximum atomic E-state index is 13.5. The van der Waals surface area contributed by atoms with Gasteiger partial charge in [-0.05, 0) is 93.7 Å². The average Bonchev–Trinajstić information content (AvgIpc) is 3.01. The molecule has 1 N–H and O–H groups in total. The van der Waals surface area contributed by atoms with Crippen LogP contribution in [0.5, 0.6) is 0 Å². The second-order valence-corrected chi connectivity index (χ2v) is 10.2. The summed E-state index contributed by atoms with van der Waals surface area (Å²) in [5, 5.41) is 4.05. The molecular weight excluding hydrogens is 448 g/mol. The fourth-order valence-electron chi connectivity index (χ4n) is 5.60. The maximum absolute atomic E-state index is 13.5. The monoisotopic (exact) mass is 480 g/mol. The van der Waals surface area contributed by atoms with Crippen LogP contribution < -0.4 is 10.2 Å². The van der Waals surface area contributed by atoms with E-state index in [9.17, 15) is 9.59 Å². The molecule has 6 nitrogen and oxygen atoms in total. The summed E-state index contributed by atoms with van der Waals surface area (Å²) in [5.41, 5.74) is 2.51. The lowest BCUT2D eigenvalue weighted by Crippen LogP contribution is -2.48. The number of carbonyl (C=O) groups is 2. The molecule has 2 aromatic rings. The first-order chi connectivity index (χ1) is 16.6. The fourth-order valence-corrected chi connectivity index (χ4v) is 5.73. The summed E-state index contributed by atoms with van der Waals surface area (Å²) >= 11 is 5.99. The Kier molecular flexibility index (Phi) is 7.18. The molecule has 180 valence electrons. The molecule has 2 saturated heterocycles. The van der Waals surface area contributed by atoms with Gasteiger partial charge in [0.05, 0.1) is 0 Å². The number of benzene rings is 2. The summed E-state index contributed by atoms with van der Waals surface area (Å²) in [4.78, 5) is 32.9. The largest absolute Gasteiger partial charge is 0.325 e. The number of carbonyl (C=O) groups excluding carboxylic acids is 2. The van der Waals surface area contributed by atoms with Gasteiger partial charge in [0.25, 0.3) is 5.91 Å². The number of piperidine rings is 2. The number of nitrogens with one attached hydrogen (secondary N) is 1. The molecule has 34 heavy (non-hydrogen) atoms. The molecule has 2 fully saturated rings. The Morgan fingerprint density at radius 3 is 2.38 bits per heavy atom. The average molecular weight is 481 g/mol. The second kappa shape index (κ2) is 10.5. The highest BCUT2D eigenvalue weighted by Crippen LogP contribution is 2.30.